The van der Waals surface area contributed by atoms with Gasteiger partial charge in [-0.2, -0.15) is 0 Å². The van der Waals surface area contributed by atoms with Crippen LogP contribution in [0.1, 0.15) is 15.9 Å². The van der Waals surface area contributed by atoms with Gasteiger partial charge in [-0.25, -0.2) is 8.42 Å². The minimum Gasteiger partial charge on any atom is -0.495 e. The van der Waals surface area contributed by atoms with Gasteiger partial charge in [0.15, 0.2) is 0 Å². The molecule has 0 aliphatic carbocycles. The lowest BCUT2D eigenvalue weighted by molar-refractivity contribution is 0.102. The molecule has 0 saturated heterocycles. The number of hydrogen-bond acceptors (Lipinski definition) is 4. The number of halogens is 2. The molecular weight excluding hydrogens is 447 g/mol. The third-order valence-corrected chi connectivity index (χ3v) is 6.61. The van der Waals surface area contributed by atoms with E-state index in [0.29, 0.717) is 22.0 Å². The first-order valence-electron chi connectivity index (χ1n) is 8.75. The third-order valence-electron chi connectivity index (χ3n) is 4.35. The summed E-state index contributed by atoms with van der Waals surface area (Å²) < 4.78 is 33.5. The lowest BCUT2D eigenvalue weighted by Gasteiger charge is -2.14. The molecule has 0 aliphatic heterocycles. The Balaban J connectivity index is 1.92. The SMILES string of the molecule is COc1ccccc1NS(=O)(=O)c1cc(C(=O)Nc2cccc(Cl)c2C)ccc1Cl. The van der Waals surface area contributed by atoms with Gasteiger partial charge in [0.1, 0.15) is 10.6 Å². The Morgan fingerprint density at radius 2 is 1.63 bits per heavy atom. The van der Waals surface area contributed by atoms with Gasteiger partial charge < -0.3 is 10.1 Å². The first-order valence-corrected chi connectivity index (χ1v) is 11.0. The largest absolute Gasteiger partial charge is 0.495 e. The Kier molecular flexibility index (Phi) is 6.55. The summed E-state index contributed by atoms with van der Waals surface area (Å²) >= 11 is 12.2. The second-order valence-electron chi connectivity index (χ2n) is 6.32. The van der Waals surface area contributed by atoms with Gasteiger partial charge in [0.05, 0.1) is 17.8 Å². The third kappa shape index (κ3) is 4.70. The van der Waals surface area contributed by atoms with E-state index in [-0.39, 0.29) is 21.2 Å². The average Bonchev–Trinajstić information content (AvgIpc) is 2.71. The molecule has 3 aromatic carbocycles. The number of amides is 1. The van der Waals surface area contributed by atoms with Crippen LogP contribution in [0.4, 0.5) is 11.4 Å². The van der Waals surface area contributed by atoms with Crippen LogP contribution in [0, 0.1) is 6.92 Å². The molecule has 2 N–H and O–H groups in total. The van der Waals surface area contributed by atoms with E-state index in [1.54, 1.807) is 49.4 Å². The van der Waals surface area contributed by atoms with Crippen LogP contribution in [0.3, 0.4) is 0 Å². The van der Waals surface area contributed by atoms with Gasteiger partial charge in [0.25, 0.3) is 15.9 Å². The summed E-state index contributed by atoms with van der Waals surface area (Å²) in [4.78, 5) is 12.5. The van der Waals surface area contributed by atoms with Crippen molar-refractivity contribution < 1.29 is 17.9 Å². The molecule has 6 nitrogen and oxygen atoms in total. The highest BCUT2D eigenvalue weighted by molar-refractivity contribution is 7.92. The lowest BCUT2D eigenvalue weighted by atomic mass is 10.1. The molecule has 0 atom stereocenters. The van der Waals surface area contributed by atoms with Crippen LogP contribution in [0.15, 0.2) is 65.6 Å². The van der Waals surface area contributed by atoms with Crippen LogP contribution in [0.25, 0.3) is 0 Å². The van der Waals surface area contributed by atoms with Crippen molar-refractivity contribution in [3.8, 4) is 5.75 Å². The molecular formula is C21H18Cl2N2O4S. The molecule has 0 saturated carbocycles. The van der Waals surface area contributed by atoms with Crippen molar-refractivity contribution in [2.24, 2.45) is 0 Å². The van der Waals surface area contributed by atoms with Gasteiger partial charge in [0.2, 0.25) is 0 Å². The van der Waals surface area contributed by atoms with Gasteiger partial charge in [-0.05, 0) is 55.0 Å². The topological polar surface area (TPSA) is 84.5 Å². The molecule has 156 valence electrons. The van der Waals surface area contributed by atoms with E-state index in [4.69, 9.17) is 27.9 Å². The van der Waals surface area contributed by atoms with Gasteiger partial charge in [-0.1, -0.05) is 41.4 Å². The summed E-state index contributed by atoms with van der Waals surface area (Å²) in [6, 6.07) is 15.7. The van der Waals surface area contributed by atoms with E-state index in [0.717, 1.165) is 0 Å². The fourth-order valence-corrected chi connectivity index (χ4v) is 4.49. The highest BCUT2D eigenvalue weighted by atomic mass is 35.5. The van der Waals surface area contributed by atoms with Crippen molar-refractivity contribution in [1.29, 1.82) is 0 Å². The van der Waals surface area contributed by atoms with Gasteiger partial charge in [-0.15, -0.1) is 0 Å². The Morgan fingerprint density at radius 1 is 0.933 bits per heavy atom. The van der Waals surface area contributed by atoms with Crippen LogP contribution < -0.4 is 14.8 Å². The van der Waals surface area contributed by atoms with E-state index in [1.165, 1.54) is 25.3 Å². The predicted octanol–water partition coefficient (Wildman–Crippen LogP) is 5.36. The normalized spacial score (nSPS) is 11.1. The molecule has 0 aromatic heterocycles. The van der Waals surface area contributed by atoms with E-state index in [1.807, 2.05) is 0 Å². The predicted molar refractivity (Wildman–Crippen MR) is 119 cm³/mol. The zero-order valence-electron chi connectivity index (χ0n) is 16.1. The molecule has 0 radical (unpaired) electrons. The monoisotopic (exact) mass is 464 g/mol. The van der Waals surface area contributed by atoms with Crippen molar-refractivity contribution in [2.45, 2.75) is 11.8 Å². The smallest absolute Gasteiger partial charge is 0.263 e. The van der Waals surface area contributed by atoms with E-state index < -0.39 is 15.9 Å². The van der Waals surface area contributed by atoms with E-state index in [9.17, 15) is 13.2 Å². The van der Waals surface area contributed by atoms with Gasteiger partial charge >= 0.3 is 0 Å². The number of nitrogens with one attached hydrogen (secondary N) is 2. The maximum absolute atomic E-state index is 12.9. The summed E-state index contributed by atoms with van der Waals surface area (Å²) in [5.41, 5.74) is 1.60. The fourth-order valence-electron chi connectivity index (χ4n) is 2.72. The van der Waals surface area contributed by atoms with Crippen molar-refractivity contribution in [1.82, 2.24) is 0 Å². The zero-order chi connectivity index (χ0) is 21.9. The summed E-state index contributed by atoms with van der Waals surface area (Å²) in [5.74, 6) is -0.145. The van der Waals surface area contributed by atoms with Crippen LogP contribution in [-0.2, 0) is 10.0 Å². The number of anilines is 2. The molecule has 0 spiro atoms. The number of rotatable bonds is 6. The summed E-state index contributed by atoms with van der Waals surface area (Å²) in [6.07, 6.45) is 0. The number of carbonyl (C=O) groups is 1. The second-order valence-corrected chi connectivity index (χ2v) is 8.78. The fraction of sp³-hybridized carbons (Fsp3) is 0.0952. The van der Waals surface area contributed by atoms with E-state index >= 15 is 0 Å². The molecule has 1 amide bonds. The molecule has 3 rings (SSSR count). The van der Waals surface area contributed by atoms with Crippen molar-refractivity contribution in [2.75, 3.05) is 17.1 Å². The molecule has 0 unspecified atom stereocenters. The number of ether oxygens (including phenoxy) is 1. The molecule has 0 heterocycles. The van der Waals surface area contributed by atoms with Crippen LogP contribution >= 0.6 is 23.2 Å². The van der Waals surface area contributed by atoms with Crippen molar-refractivity contribution >= 4 is 50.5 Å². The molecule has 9 heteroatoms. The van der Waals surface area contributed by atoms with Crippen LogP contribution in [0.5, 0.6) is 5.75 Å². The Hall–Kier alpha value is -2.74. The minimum absolute atomic E-state index is 0.0205. The van der Waals surface area contributed by atoms with Crippen LogP contribution in [-0.4, -0.2) is 21.4 Å². The summed E-state index contributed by atoms with van der Waals surface area (Å²) in [6.45, 7) is 1.77. The van der Waals surface area contributed by atoms with Crippen LogP contribution in [0.2, 0.25) is 10.0 Å². The van der Waals surface area contributed by atoms with Gasteiger partial charge in [0, 0.05) is 16.3 Å². The maximum Gasteiger partial charge on any atom is 0.263 e. The summed E-state index contributed by atoms with van der Waals surface area (Å²) in [7, 11) is -2.65. The number of hydrogen-bond donors (Lipinski definition) is 2. The molecule has 3 aromatic rings. The van der Waals surface area contributed by atoms with Gasteiger partial charge in [-0.3, -0.25) is 9.52 Å². The quantitative estimate of drug-likeness (QED) is 0.513. The number of benzene rings is 3. The first kappa shape index (κ1) is 22.0. The Labute approximate surface area is 184 Å². The minimum atomic E-state index is -4.08. The number of sulfonamides is 1. The molecule has 0 fully saturated rings. The van der Waals surface area contributed by atoms with Crippen molar-refractivity contribution in [3.63, 3.8) is 0 Å². The molecule has 0 bridgehead atoms. The van der Waals surface area contributed by atoms with E-state index in [2.05, 4.69) is 10.0 Å². The maximum atomic E-state index is 12.9. The second kappa shape index (κ2) is 8.95. The number of carbonyl (C=O) groups excluding carboxylic acids is 1. The Bertz CT molecular complexity index is 1210. The standard InChI is InChI=1S/C21H18Cl2N2O4S/c1-13-15(22)6-5-8-17(13)24-21(26)14-10-11-16(23)20(12-14)30(27,28)25-18-7-3-4-9-19(18)29-2/h3-12,25H,1-2H3,(H,24,26). The van der Waals surface area contributed by atoms with Crippen molar-refractivity contribution in [3.05, 3.63) is 81.8 Å². The zero-order valence-corrected chi connectivity index (χ0v) is 18.4. The first-order chi connectivity index (χ1) is 14.2. The molecule has 0 aliphatic rings. The average molecular weight is 465 g/mol. The lowest BCUT2D eigenvalue weighted by Crippen LogP contribution is -2.17. The molecule has 30 heavy (non-hydrogen) atoms. The summed E-state index contributed by atoms with van der Waals surface area (Å²) in [5, 5.41) is 3.22. The highest BCUT2D eigenvalue weighted by Crippen LogP contribution is 2.30. The number of para-hydroxylation sites is 2. The Morgan fingerprint density at radius 3 is 2.37 bits per heavy atom. The number of methoxy groups -OCH3 is 1. The highest BCUT2D eigenvalue weighted by Gasteiger charge is 2.22.